The highest BCUT2D eigenvalue weighted by Gasteiger charge is 2.43. The Morgan fingerprint density at radius 1 is 1.41 bits per heavy atom. The van der Waals surface area contributed by atoms with Crippen molar-refractivity contribution in [2.45, 2.75) is 45.1 Å². The van der Waals surface area contributed by atoms with Crippen LogP contribution in [0.25, 0.3) is 0 Å². The van der Waals surface area contributed by atoms with Crippen LogP contribution in [0.4, 0.5) is 0 Å². The minimum absolute atomic E-state index is 0.386. The molecule has 6 heteroatoms. The van der Waals surface area contributed by atoms with E-state index in [1.165, 1.54) is 7.05 Å². The van der Waals surface area contributed by atoms with Crippen LogP contribution < -0.4 is 10.5 Å². The highest BCUT2D eigenvalue weighted by Crippen LogP contribution is 2.36. The molecule has 0 atom stereocenters. The molecule has 1 aliphatic rings. The first-order valence-corrected chi connectivity index (χ1v) is 7.77. The van der Waals surface area contributed by atoms with Gasteiger partial charge in [-0.2, -0.15) is 12.7 Å². The first kappa shape index (κ1) is 14.9. The fraction of sp³-hybridized carbons (Fsp3) is 1.00. The van der Waals surface area contributed by atoms with Crippen LogP contribution in [0.2, 0.25) is 0 Å². The summed E-state index contributed by atoms with van der Waals surface area (Å²) in [7, 11) is -1.94. The monoisotopic (exact) mass is 263 g/mol. The standard InChI is InChI=1S/C11H25N3O2S/c1-4-14(17(15,16)13-3)11(9-12)7-5-10(2)6-8-11/h10,13H,4-9,12H2,1-3H3. The molecule has 0 radical (unpaired) electrons. The smallest absolute Gasteiger partial charge is 0.279 e. The van der Waals surface area contributed by atoms with Gasteiger partial charge in [-0.25, -0.2) is 4.72 Å². The molecule has 102 valence electrons. The van der Waals surface area contributed by atoms with Crippen LogP contribution in [0.3, 0.4) is 0 Å². The molecule has 1 aliphatic carbocycles. The van der Waals surface area contributed by atoms with Gasteiger partial charge in [-0.1, -0.05) is 13.8 Å². The second kappa shape index (κ2) is 5.65. The number of rotatable bonds is 5. The maximum absolute atomic E-state index is 12.0. The molecule has 1 saturated carbocycles. The number of nitrogens with zero attached hydrogens (tertiary/aromatic N) is 1. The molecule has 0 spiro atoms. The Morgan fingerprint density at radius 2 is 1.94 bits per heavy atom. The third-order valence-corrected chi connectivity index (χ3v) is 5.69. The van der Waals surface area contributed by atoms with Crippen LogP contribution in [0.1, 0.15) is 39.5 Å². The van der Waals surface area contributed by atoms with Crippen LogP contribution in [-0.2, 0) is 10.2 Å². The van der Waals surface area contributed by atoms with E-state index in [2.05, 4.69) is 11.6 Å². The summed E-state index contributed by atoms with van der Waals surface area (Å²) in [5.41, 5.74) is 5.49. The van der Waals surface area contributed by atoms with E-state index >= 15 is 0 Å². The summed E-state index contributed by atoms with van der Waals surface area (Å²) < 4.78 is 28.0. The molecule has 0 amide bonds. The molecule has 17 heavy (non-hydrogen) atoms. The van der Waals surface area contributed by atoms with Crippen molar-refractivity contribution < 1.29 is 8.42 Å². The topological polar surface area (TPSA) is 75.4 Å². The Bertz CT molecular complexity index is 335. The van der Waals surface area contributed by atoms with Gasteiger partial charge in [0.25, 0.3) is 10.2 Å². The maximum atomic E-state index is 12.0. The first-order valence-electron chi connectivity index (χ1n) is 6.33. The third-order valence-electron chi connectivity index (χ3n) is 3.95. The molecule has 0 aromatic carbocycles. The lowest BCUT2D eigenvalue weighted by Crippen LogP contribution is -2.59. The van der Waals surface area contributed by atoms with Crippen molar-refractivity contribution >= 4 is 10.2 Å². The summed E-state index contributed by atoms with van der Waals surface area (Å²) in [4.78, 5) is 0. The molecular formula is C11H25N3O2S. The molecule has 1 rings (SSSR count). The largest absolute Gasteiger partial charge is 0.329 e. The van der Waals surface area contributed by atoms with E-state index in [0.717, 1.165) is 25.7 Å². The maximum Gasteiger partial charge on any atom is 0.279 e. The van der Waals surface area contributed by atoms with Gasteiger partial charge in [0, 0.05) is 25.7 Å². The average Bonchev–Trinajstić information content (AvgIpc) is 2.32. The SMILES string of the molecule is CCN(C1(CN)CCC(C)CC1)S(=O)(=O)NC. The summed E-state index contributed by atoms with van der Waals surface area (Å²) in [6, 6.07) is 0. The summed E-state index contributed by atoms with van der Waals surface area (Å²) in [6.07, 6.45) is 3.82. The molecule has 0 aliphatic heterocycles. The van der Waals surface area contributed by atoms with Crippen LogP contribution in [0, 0.1) is 5.92 Å². The molecule has 0 saturated heterocycles. The van der Waals surface area contributed by atoms with Gasteiger partial charge in [-0.05, 0) is 31.6 Å². The zero-order valence-corrected chi connectivity index (χ0v) is 11.9. The lowest BCUT2D eigenvalue weighted by Gasteiger charge is -2.45. The fourth-order valence-corrected chi connectivity index (χ4v) is 4.05. The first-order chi connectivity index (χ1) is 7.91. The van der Waals surface area contributed by atoms with Gasteiger partial charge in [0.2, 0.25) is 0 Å². The summed E-state index contributed by atoms with van der Waals surface area (Å²) >= 11 is 0. The van der Waals surface area contributed by atoms with Crippen molar-refractivity contribution in [3.05, 3.63) is 0 Å². The predicted molar refractivity (Wildman–Crippen MR) is 69.8 cm³/mol. The van der Waals surface area contributed by atoms with Crippen LogP contribution >= 0.6 is 0 Å². The molecule has 0 aromatic rings. The van der Waals surface area contributed by atoms with Crippen molar-refractivity contribution in [2.24, 2.45) is 11.7 Å². The van der Waals surface area contributed by atoms with Gasteiger partial charge in [0.15, 0.2) is 0 Å². The van der Waals surface area contributed by atoms with Crippen molar-refractivity contribution in [3.8, 4) is 0 Å². The molecule has 1 fully saturated rings. The summed E-state index contributed by atoms with van der Waals surface area (Å²) in [5.74, 6) is 0.672. The van der Waals surface area contributed by atoms with Gasteiger partial charge >= 0.3 is 0 Å². The number of hydrogen-bond acceptors (Lipinski definition) is 3. The Balaban J connectivity index is 2.98. The Morgan fingerprint density at radius 3 is 2.29 bits per heavy atom. The zero-order chi connectivity index (χ0) is 13.1. The van der Waals surface area contributed by atoms with Crippen LogP contribution in [0.5, 0.6) is 0 Å². The van der Waals surface area contributed by atoms with E-state index in [4.69, 9.17) is 5.73 Å². The van der Waals surface area contributed by atoms with Crippen molar-refractivity contribution in [3.63, 3.8) is 0 Å². The molecule has 0 aromatic heterocycles. The normalized spacial score (nSPS) is 30.8. The van der Waals surface area contributed by atoms with Crippen molar-refractivity contribution in [1.82, 2.24) is 9.03 Å². The van der Waals surface area contributed by atoms with E-state index in [-0.39, 0.29) is 5.54 Å². The quantitative estimate of drug-likeness (QED) is 0.766. The fourth-order valence-electron chi connectivity index (χ4n) is 2.73. The Labute approximate surface area is 105 Å². The molecule has 0 bridgehead atoms. The number of hydrogen-bond donors (Lipinski definition) is 2. The number of likely N-dealkylation sites (N-methyl/N-ethyl adjacent to an activating group) is 1. The van der Waals surface area contributed by atoms with Crippen LogP contribution in [0.15, 0.2) is 0 Å². The number of nitrogens with one attached hydrogen (secondary N) is 1. The van der Waals surface area contributed by atoms with Gasteiger partial charge < -0.3 is 5.73 Å². The van der Waals surface area contributed by atoms with Crippen molar-refractivity contribution in [1.29, 1.82) is 0 Å². The minimum Gasteiger partial charge on any atom is -0.329 e. The Hall–Kier alpha value is -0.170. The number of nitrogens with two attached hydrogens (primary N) is 1. The second-order valence-electron chi connectivity index (χ2n) is 4.98. The summed E-state index contributed by atoms with van der Waals surface area (Å²) in [6.45, 7) is 4.94. The summed E-state index contributed by atoms with van der Waals surface area (Å²) in [5, 5.41) is 0. The highest BCUT2D eigenvalue weighted by molar-refractivity contribution is 7.87. The van der Waals surface area contributed by atoms with Crippen LogP contribution in [-0.4, -0.2) is 38.4 Å². The van der Waals surface area contributed by atoms with E-state index < -0.39 is 10.2 Å². The zero-order valence-electron chi connectivity index (χ0n) is 11.1. The minimum atomic E-state index is -3.39. The van der Waals surface area contributed by atoms with E-state index in [1.807, 2.05) is 6.92 Å². The molecule has 3 N–H and O–H groups in total. The molecular weight excluding hydrogens is 238 g/mol. The second-order valence-corrected chi connectivity index (χ2v) is 6.78. The van der Waals surface area contributed by atoms with E-state index in [1.54, 1.807) is 4.31 Å². The lowest BCUT2D eigenvalue weighted by molar-refractivity contribution is 0.119. The van der Waals surface area contributed by atoms with Gasteiger partial charge in [-0.3, -0.25) is 0 Å². The highest BCUT2D eigenvalue weighted by atomic mass is 32.2. The Kier molecular flexibility index (Phi) is 4.95. The van der Waals surface area contributed by atoms with E-state index in [0.29, 0.717) is 19.0 Å². The van der Waals surface area contributed by atoms with E-state index in [9.17, 15) is 8.42 Å². The average molecular weight is 263 g/mol. The van der Waals surface area contributed by atoms with Gasteiger partial charge in [-0.15, -0.1) is 0 Å². The molecule has 5 nitrogen and oxygen atoms in total. The third kappa shape index (κ3) is 2.99. The lowest BCUT2D eigenvalue weighted by atomic mass is 9.77. The predicted octanol–water partition coefficient (Wildman–Crippen LogP) is 0.680. The van der Waals surface area contributed by atoms with Gasteiger partial charge in [0.1, 0.15) is 0 Å². The molecule has 0 unspecified atom stereocenters. The van der Waals surface area contributed by atoms with Gasteiger partial charge in [0.05, 0.1) is 0 Å². The molecule has 0 heterocycles. The van der Waals surface area contributed by atoms with Crippen molar-refractivity contribution in [2.75, 3.05) is 20.1 Å².